The SMILES string of the molecule is Cc1cc(NC(=O)C2CCC2)ccc1N1CCCC2(CCN([C@H]3CC[C@H](O)CC3)C2=O)C1. The Morgan fingerprint density at radius 2 is 1.84 bits per heavy atom. The lowest BCUT2D eigenvalue weighted by Crippen LogP contribution is -2.50. The van der Waals surface area contributed by atoms with Crippen LogP contribution in [0.15, 0.2) is 18.2 Å². The topological polar surface area (TPSA) is 72.9 Å². The van der Waals surface area contributed by atoms with E-state index in [1.54, 1.807) is 0 Å². The molecule has 1 unspecified atom stereocenters. The van der Waals surface area contributed by atoms with Crippen LogP contribution in [0.4, 0.5) is 11.4 Å². The summed E-state index contributed by atoms with van der Waals surface area (Å²) in [5.74, 6) is 0.665. The summed E-state index contributed by atoms with van der Waals surface area (Å²) in [6.45, 7) is 4.72. The fourth-order valence-corrected chi connectivity index (χ4v) is 6.28. The summed E-state index contributed by atoms with van der Waals surface area (Å²) in [6.07, 6.45) is 9.42. The van der Waals surface area contributed by atoms with Crippen molar-refractivity contribution in [1.82, 2.24) is 4.90 Å². The molecule has 2 saturated heterocycles. The molecule has 1 aromatic carbocycles. The standard InChI is InChI=1S/C26H37N3O3/c1-18-16-20(27-24(31)19-4-2-5-19)6-11-23(18)28-14-3-12-26(17-28)13-15-29(25(26)32)21-7-9-22(30)10-8-21/h6,11,16,19,21-22,30H,2-5,7-10,12-15,17H2,1H3,(H,27,31)/t21-,22-,26?. The van der Waals surface area contributed by atoms with Gasteiger partial charge in [-0.2, -0.15) is 0 Å². The van der Waals surface area contributed by atoms with Gasteiger partial charge in [0.2, 0.25) is 11.8 Å². The first-order chi connectivity index (χ1) is 15.4. The van der Waals surface area contributed by atoms with E-state index in [0.717, 1.165) is 95.1 Å². The van der Waals surface area contributed by atoms with Gasteiger partial charge in [-0.15, -0.1) is 0 Å². The molecule has 4 aliphatic rings. The van der Waals surface area contributed by atoms with Crippen molar-refractivity contribution < 1.29 is 14.7 Å². The normalized spacial score (nSPS) is 31.1. The fourth-order valence-electron chi connectivity index (χ4n) is 6.28. The average Bonchev–Trinajstić information content (AvgIpc) is 3.03. The van der Waals surface area contributed by atoms with Crippen LogP contribution in [0, 0.1) is 18.3 Å². The number of nitrogens with one attached hydrogen (secondary N) is 1. The van der Waals surface area contributed by atoms with Gasteiger partial charge in [0, 0.05) is 43.0 Å². The maximum Gasteiger partial charge on any atom is 0.230 e. The van der Waals surface area contributed by atoms with Crippen molar-refractivity contribution in [3.8, 4) is 0 Å². The molecule has 2 saturated carbocycles. The van der Waals surface area contributed by atoms with Crippen LogP contribution in [0.2, 0.25) is 0 Å². The minimum Gasteiger partial charge on any atom is -0.393 e. The Morgan fingerprint density at radius 1 is 1.06 bits per heavy atom. The van der Waals surface area contributed by atoms with Crippen molar-refractivity contribution in [3.63, 3.8) is 0 Å². The highest BCUT2D eigenvalue weighted by Crippen LogP contribution is 2.44. The molecule has 5 rings (SSSR count). The molecule has 2 heterocycles. The molecule has 174 valence electrons. The molecular formula is C26H37N3O3. The van der Waals surface area contributed by atoms with Gasteiger partial charge < -0.3 is 20.2 Å². The molecule has 0 radical (unpaired) electrons. The van der Waals surface area contributed by atoms with Crippen molar-refractivity contribution in [2.45, 2.75) is 83.3 Å². The Bertz CT molecular complexity index is 875. The predicted octanol–water partition coefficient (Wildman–Crippen LogP) is 3.86. The van der Waals surface area contributed by atoms with Gasteiger partial charge in [-0.3, -0.25) is 9.59 Å². The number of nitrogens with zero attached hydrogens (tertiary/aromatic N) is 2. The zero-order valence-corrected chi connectivity index (χ0v) is 19.3. The zero-order chi connectivity index (χ0) is 22.3. The number of aliphatic hydroxyl groups is 1. The molecule has 0 aromatic heterocycles. The van der Waals surface area contributed by atoms with Crippen molar-refractivity contribution in [1.29, 1.82) is 0 Å². The number of rotatable bonds is 4. The Kier molecular flexibility index (Phi) is 5.91. The largest absolute Gasteiger partial charge is 0.393 e. The molecular weight excluding hydrogens is 402 g/mol. The van der Waals surface area contributed by atoms with Crippen LogP contribution in [0.25, 0.3) is 0 Å². The van der Waals surface area contributed by atoms with E-state index in [4.69, 9.17) is 0 Å². The predicted molar refractivity (Wildman–Crippen MR) is 126 cm³/mol. The van der Waals surface area contributed by atoms with E-state index in [2.05, 4.69) is 34.2 Å². The molecule has 6 nitrogen and oxygen atoms in total. The van der Waals surface area contributed by atoms with Gasteiger partial charge in [-0.1, -0.05) is 6.42 Å². The zero-order valence-electron chi connectivity index (χ0n) is 19.3. The van der Waals surface area contributed by atoms with Crippen LogP contribution < -0.4 is 10.2 Å². The summed E-state index contributed by atoms with van der Waals surface area (Å²) < 4.78 is 0. The summed E-state index contributed by atoms with van der Waals surface area (Å²) in [5, 5.41) is 12.9. The summed E-state index contributed by atoms with van der Waals surface area (Å²) in [5.41, 5.74) is 2.94. The number of anilines is 2. The second kappa shape index (κ2) is 8.69. The molecule has 2 N–H and O–H groups in total. The van der Waals surface area contributed by atoms with Crippen molar-refractivity contribution in [2.75, 3.05) is 29.9 Å². The average molecular weight is 440 g/mol. The highest BCUT2D eigenvalue weighted by Gasteiger charge is 2.50. The molecule has 2 amide bonds. The van der Waals surface area contributed by atoms with E-state index >= 15 is 0 Å². The summed E-state index contributed by atoms with van der Waals surface area (Å²) in [6, 6.07) is 6.50. The number of likely N-dealkylation sites (tertiary alicyclic amines) is 1. The molecule has 32 heavy (non-hydrogen) atoms. The van der Waals surface area contributed by atoms with Gasteiger partial charge in [-0.05, 0) is 88.5 Å². The Labute approximate surface area is 191 Å². The lowest BCUT2D eigenvalue weighted by atomic mass is 9.78. The second-order valence-electron chi connectivity index (χ2n) is 10.6. The number of aliphatic hydroxyl groups excluding tert-OH is 1. The third kappa shape index (κ3) is 4.02. The van der Waals surface area contributed by atoms with Gasteiger partial charge in [0.05, 0.1) is 11.5 Å². The smallest absolute Gasteiger partial charge is 0.230 e. The van der Waals surface area contributed by atoms with Crippen molar-refractivity contribution >= 4 is 23.2 Å². The van der Waals surface area contributed by atoms with Crippen LogP contribution in [0.1, 0.15) is 69.8 Å². The Hall–Kier alpha value is -2.08. The number of carbonyl (C=O) groups excluding carboxylic acids is 2. The first-order valence-corrected chi connectivity index (χ1v) is 12.6. The van der Waals surface area contributed by atoms with Gasteiger partial charge >= 0.3 is 0 Å². The Balaban J connectivity index is 1.26. The van der Waals surface area contributed by atoms with E-state index in [9.17, 15) is 14.7 Å². The summed E-state index contributed by atoms with van der Waals surface area (Å²) >= 11 is 0. The van der Waals surface area contributed by atoms with Crippen LogP contribution in [-0.4, -0.2) is 53.6 Å². The molecule has 0 bridgehead atoms. The Morgan fingerprint density at radius 3 is 2.53 bits per heavy atom. The quantitative estimate of drug-likeness (QED) is 0.747. The van der Waals surface area contributed by atoms with E-state index < -0.39 is 0 Å². The number of carbonyl (C=O) groups is 2. The fraction of sp³-hybridized carbons (Fsp3) is 0.692. The lowest BCUT2D eigenvalue weighted by Gasteiger charge is -2.42. The number of aryl methyl sites for hydroxylation is 1. The highest BCUT2D eigenvalue weighted by atomic mass is 16.3. The second-order valence-corrected chi connectivity index (χ2v) is 10.6. The van der Waals surface area contributed by atoms with Gasteiger partial charge in [0.1, 0.15) is 0 Å². The highest BCUT2D eigenvalue weighted by molar-refractivity contribution is 5.93. The maximum atomic E-state index is 13.6. The minimum atomic E-state index is -0.266. The monoisotopic (exact) mass is 439 g/mol. The third-order valence-electron chi connectivity index (χ3n) is 8.51. The van der Waals surface area contributed by atoms with E-state index in [0.29, 0.717) is 11.9 Å². The number of piperidine rings is 1. The molecule has 2 aliphatic heterocycles. The first-order valence-electron chi connectivity index (χ1n) is 12.6. The van der Waals surface area contributed by atoms with Crippen LogP contribution in [0.3, 0.4) is 0 Å². The molecule has 1 aromatic rings. The van der Waals surface area contributed by atoms with Crippen LogP contribution >= 0.6 is 0 Å². The van der Waals surface area contributed by atoms with Crippen LogP contribution in [0.5, 0.6) is 0 Å². The number of benzene rings is 1. The van der Waals surface area contributed by atoms with Crippen LogP contribution in [-0.2, 0) is 9.59 Å². The molecule has 2 aliphatic carbocycles. The van der Waals surface area contributed by atoms with E-state index in [-0.39, 0.29) is 23.3 Å². The van der Waals surface area contributed by atoms with Gasteiger partial charge in [-0.25, -0.2) is 0 Å². The maximum absolute atomic E-state index is 13.6. The molecule has 6 heteroatoms. The van der Waals surface area contributed by atoms with E-state index in [1.807, 2.05) is 6.07 Å². The van der Waals surface area contributed by atoms with Gasteiger partial charge in [0.15, 0.2) is 0 Å². The van der Waals surface area contributed by atoms with Crippen molar-refractivity contribution in [3.05, 3.63) is 23.8 Å². The number of hydrogen-bond donors (Lipinski definition) is 2. The molecule has 1 atom stereocenters. The first kappa shape index (κ1) is 21.7. The summed E-state index contributed by atoms with van der Waals surface area (Å²) in [7, 11) is 0. The number of amides is 2. The van der Waals surface area contributed by atoms with Gasteiger partial charge in [0.25, 0.3) is 0 Å². The molecule has 1 spiro atoms. The third-order valence-corrected chi connectivity index (χ3v) is 8.51. The lowest BCUT2D eigenvalue weighted by molar-refractivity contribution is -0.139. The summed E-state index contributed by atoms with van der Waals surface area (Å²) in [4.78, 5) is 30.4. The minimum absolute atomic E-state index is 0.146. The number of hydrogen-bond acceptors (Lipinski definition) is 4. The van der Waals surface area contributed by atoms with E-state index in [1.165, 1.54) is 5.69 Å². The molecule has 4 fully saturated rings. The van der Waals surface area contributed by atoms with Crippen molar-refractivity contribution in [2.24, 2.45) is 11.3 Å².